The molecule has 1 heterocycles. The summed E-state index contributed by atoms with van der Waals surface area (Å²) in [6.45, 7) is 0. The number of aliphatic imine (C=N–C) groups is 1. The predicted molar refractivity (Wildman–Crippen MR) is 79.6 cm³/mol. The molecule has 0 saturated carbocycles. The number of allylic oxidation sites excluding steroid dienone is 4. The smallest absolute Gasteiger partial charge is 0.285 e. The quantitative estimate of drug-likeness (QED) is 0.435. The van der Waals surface area contributed by atoms with Gasteiger partial charge in [0.15, 0.2) is 0 Å². The number of carbonyl (C=O) groups is 1. The van der Waals surface area contributed by atoms with Crippen LogP contribution in [0.5, 0.6) is 0 Å². The Morgan fingerprint density at radius 2 is 2.23 bits per heavy atom. The number of nitrogens with one attached hydrogen (secondary N) is 1. The summed E-state index contributed by atoms with van der Waals surface area (Å²) >= 11 is 5.82. The van der Waals surface area contributed by atoms with Gasteiger partial charge in [0.2, 0.25) is 5.96 Å². The Bertz CT molecular complexity index is 762. The summed E-state index contributed by atoms with van der Waals surface area (Å²) in [7, 11) is -3.76. The number of rotatable bonds is 3. The lowest BCUT2D eigenvalue weighted by atomic mass is 9.98. The van der Waals surface area contributed by atoms with Crippen LogP contribution < -0.4 is 11.2 Å². The van der Waals surface area contributed by atoms with Crippen LogP contribution in [-0.2, 0) is 23.9 Å². The number of amides is 1. The maximum absolute atomic E-state index is 12.0. The second-order valence-electron chi connectivity index (χ2n) is 4.35. The fourth-order valence-electron chi connectivity index (χ4n) is 1.64. The van der Waals surface area contributed by atoms with Crippen LogP contribution in [0.25, 0.3) is 0 Å². The zero-order valence-corrected chi connectivity index (χ0v) is 12.9. The molecule has 22 heavy (non-hydrogen) atoms. The molecule has 8 nitrogen and oxygen atoms in total. The first-order chi connectivity index (χ1) is 10.2. The fraction of sp³-hybridized carbons (Fsp3) is 0.167. The number of hydrogen-bond acceptors (Lipinski definition) is 5. The van der Waals surface area contributed by atoms with Crippen molar-refractivity contribution in [3.63, 3.8) is 0 Å². The normalized spacial score (nSPS) is 18.2. The van der Waals surface area contributed by atoms with Crippen molar-refractivity contribution in [3.05, 3.63) is 46.4 Å². The molecule has 10 heteroatoms. The van der Waals surface area contributed by atoms with Crippen LogP contribution in [0, 0.1) is 0 Å². The van der Waals surface area contributed by atoms with Crippen molar-refractivity contribution in [3.8, 4) is 0 Å². The Kier molecular flexibility index (Phi) is 4.69. The van der Waals surface area contributed by atoms with Gasteiger partial charge in [0.1, 0.15) is 12.0 Å². The van der Waals surface area contributed by atoms with Crippen molar-refractivity contribution in [2.24, 2.45) is 10.7 Å². The van der Waals surface area contributed by atoms with E-state index in [2.05, 4.69) is 9.28 Å². The van der Waals surface area contributed by atoms with Crippen molar-refractivity contribution in [1.29, 1.82) is 0 Å². The van der Waals surface area contributed by atoms with E-state index in [-0.39, 0.29) is 0 Å². The third kappa shape index (κ3) is 4.45. The molecule has 0 atom stereocenters. The number of hydroxylamine groups is 1. The van der Waals surface area contributed by atoms with Crippen molar-refractivity contribution in [2.75, 3.05) is 6.26 Å². The molecule has 0 aromatic heterocycles. The van der Waals surface area contributed by atoms with Gasteiger partial charge in [-0.1, -0.05) is 11.6 Å². The van der Waals surface area contributed by atoms with Gasteiger partial charge in [-0.3, -0.25) is 4.79 Å². The zero-order chi connectivity index (χ0) is 16.3. The molecule has 1 aliphatic heterocycles. The van der Waals surface area contributed by atoms with E-state index in [9.17, 15) is 13.2 Å². The summed E-state index contributed by atoms with van der Waals surface area (Å²) < 4.78 is 31.0. The maximum atomic E-state index is 12.0. The number of nitrogens with two attached hydrogens (primary N) is 1. The van der Waals surface area contributed by atoms with Crippen molar-refractivity contribution in [2.45, 2.75) is 6.42 Å². The Labute approximate surface area is 131 Å². The van der Waals surface area contributed by atoms with E-state index in [1.807, 2.05) is 5.48 Å². The van der Waals surface area contributed by atoms with Gasteiger partial charge < -0.3 is 10.5 Å². The summed E-state index contributed by atoms with van der Waals surface area (Å²) in [4.78, 5) is 15.5. The van der Waals surface area contributed by atoms with Crippen LogP contribution in [0.15, 0.2) is 51.4 Å². The number of hydrogen-bond donors (Lipinski definition) is 2. The number of ether oxygens (including phenoxy) is 1. The molecule has 1 amide bonds. The highest BCUT2D eigenvalue weighted by Crippen LogP contribution is 2.30. The van der Waals surface area contributed by atoms with E-state index in [1.165, 1.54) is 6.26 Å². The highest BCUT2D eigenvalue weighted by atomic mass is 35.5. The molecule has 0 unspecified atom stereocenters. The molecule has 0 aromatic carbocycles. The highest BCUT2D eigenvalue weighted by molar-refractivity contribution is 7.85. The van der Waals surface area contributed by atoms with Gasteiger partial charge in [-0.15, -0.1) is 4.28 Å². The molecule has 0 spiro atoms. The maximum Gasteiger partial charge on any atom is 0.285 e. The lowest BCUT2D eigenvalue weighted by Crippen LogP contribution is -2.34. The van der Waals surface area contributed by atoms with Crippen LogP contribution in [0.3, 0.4) is 0 Å². The zero-order valence-electron chi connectivity index (χ0n) is 11.4. The van der Waals surface area contributed by atoms with E-state index in [0.717, 1.165) is 6.26 Å². The molecule has 1 aliphatic carbocycles. The first-order valence-corrected chi connectivity index (χ1v) is 8.12. The molecule has 2 aliphatic rings. The minimum absolute atomic E-state index is 0.292. The second kappa shape index (κ2) is 6.34. The van der Waals surface area contributed by atoms with E-state index >= 15 is 0 Å². The Balaban J connectivity index is 2.09. The summed E-state index contributed by atoms with van der Waals surface area (Å²) in [6.07, 6.45) is 7.41. The third-order valence-electron chi connectivity index (χ3n) is 2.51. The summed E-state index contributed by atoms with van der Waals surface area (Å²) in [5.41, 5.74) is 8.20. The fourth-order valence-corrected chi connectivity index (χ4v) is 2.04. The summed E-state index contributed by atoms with van der Waals surface area (Å²) in [5.74, 6) is -0.515. The molecule has 0 fully saturated rings. The predicted octanol–water partition coefficient (Wildman–Crippen LogP) is 0.559. The van der Waals surface area contributed by atoms with Crippen molar-refractivity contribution in [1.82, 2.24) is 5.48 Å². The van der Waals surface area contributed by atoms with Crippen LogP contribution in [-0.4, -0.2) is 26.5 Å². The van der Waals surface area contributed by atoms with Crippen LogP contribution in [0.2, 0.25) is 0 Å². The average Bonchev–Trinajstić information content (AvgIpc) is 2.43. The van der Waals surface area contributed by atoms with E-state index in [4.69, 9.17) is 22.1 Å². The van der Waals surface area contributed by atoms with E-state index < -0.39 is 22.0 Å². The van der Waals surface area contributed by atoms with Gasteiger partial charge in [0, 0.05) is 11.1 Å². The van der Waals surface area contributed by atoms with Gasteiger partial charge in [0.05, 0.1) is 11.3 Å². The number of halogens is 1. The van der Waals surface area contributed by atoms with Crippen LogP contribution in [0.4, 0.5) is 0 Å². The van der Waals surface area contributed by atoms with Crippen molar-refractivity contribution < 1.29 is 22.2 Å². The SMILES string of the molecule is CS(=O)(=O)ONC(N)=NC(=O)C1=CC2=CC(Cl)=COC2=CC1. The molecule has 0 saturated heterocycles. The van der Waals surface area contributed by atoms with Crippen LogP contribution >= 0.6 is 11.6 Å². The summed E-state index contributed by atoms with van der Waals surface area (Å²) in [6, 6.07) is 0. The molecule has 0 radical (unpaired) electrons. The van der Waals surface area contributed by atoms with Gasteiger partial charge >= 0.3 is 0 Å². The lowest BCUT2D eigenvalue weighted by Gasteiger charge is -2.17. The number of fused-ring (bicyclic) bond motifs is 1. The second-order valence-corrected chi connectivity index (χ2v) is 6.37. The third-order valence-corrected chi connectivity index (χ3v) is 3.09. The number of guanidine groups is 1. The molecular formula is C12H12ClN3O5S. The van der Waals surface area contributed by atoms with Gasteiger partial charge in [-0.2, -0.15) is 13.4 Å². The van der Waals surface area contributed by atoms with Gasteiger partial charge in [-0.25, -0.2) is 5.48 Å². The molecule has 118 valence electrons. The van der Waals surface area contributed by atoms with E-state index in [1.54, 1.807) is 18.2 Å². The number of nitrogens with zero attached hydrogens (tertiary/aromatic N) is 1. The number of carbonyl (C=O) groups excluding carboxylic acids is 1. The largest absolute Gasteiger partial charge is 0.463 e. The monoisotopic (exact) mass is 345 g/mol. The van der Waals surface area contributed by atoms with Crippen LogP contribution in [0.1, 0.15) is 6.42 Å². The minimum atomic E-state index is -3.76. The molecule has 0 bridgehead atoms. The van der Waals surface area contributed by atoms with E-state index in [0.29, 0.717) is 28.4 Å². The lowest BCUT2D eigenvalue weighted by molar-refractivity contribution is -0.114. The standard InChI is InChI=1S/C12H12ClN3O5S/c1-22(18,19)21-16-12(14)15-11(17)7-2-3-10-8(4-7)5-9(13)6-20-10/h3-6H,2H2,1H3,(H3,14,15,16,17). The Morgan fingerprint density at radius 1 is 1.50 bits per heavy atom. The average molecular weight is 346 g/mol. The van der Waals surface area contributed by atoms with Crippen molar-refractivity contribution >= 4 is 33.6 Å². The Hall–Kier alpha value is -2.10. The topological polar surface area (TPSA) is 120 Å². The molecule has 2 rings (SSSR count). The summed E-state index contributed by atoms with van der Waals surface area (Å²) in [5, 5.41) is 0.392. The highest BCUT2D eigenvalue weighted by Gasteiger charge is 2.19. The minimum Gasteiger partial charge on any atom is -0.463 e. The molecular weight excluding hydrogens is 334 g/mol. The molecule has 3 N–H and O–H groups in total. The first-order valence-electron chi connectivity index (χ1n) is 5.93. The molecule has 0 aromatic rings. The van der Waals surface area contributed by atoms with Gasteiger partial charge in [-0.05, 0) is 24.6 Å². The first kappa shape index (κ1) is 16.3. The van der Waals surface area contributed by atoms with Gasteiger partial charge in [0.25, 0.3) is 16.0 Å². The Morgan fingerprint density at radius 3 is 2.91 bits per heavy atom.